The number of aliphatic hydroxyl groups excluding tert-OH is 1. The van der Waals surface area contributed by atoms with E-state index in [1.54, 1.807) is 30.3 Å². The van der Waals surface area contributed by atoms with Crippen LogP contribution in [0.15, 0.2) is 42.5 Å². The Morgan fingerprint density at radius 2 is 1.75 bits per heavy atom. The Kier molecular flexibility index (Phi) is 3.07. The van der Waals surface area contributed by atoms with Crippen LogP contribution in [0.1, 0.15) is 47.4 Å². The minimum atomic E-state index is -1.14. The highest BCUT2D eigenvalue weighted by molar-refractivity contribution is 6.04. The number of benzene rings is 2. The molecule has 1 unspecified atom stereocenters. The van der Waals surface area contributed by atoms with Gasteiger partial charge in [-0.3, -0.25) is 4.79 Å². The molecule has 1 aliphatic rings. The fourth-order valence-electron chi connectivity index (χ4n) is 2.35. The summed E-state index contributed by atoms with van der Waals surface area (Å²) >= 11 is 0. The number of fused-ring (bicyclic) bond motifs is 1. The molecule has 1 aliphatic heterocycles. The van der Waals surface area contributed by atoms with Crippen molar-refractivity contribution >= 4 is 5.78 Å². The molecule has 3 rings (SSSR count). The molecular formula is C17H16O3. The van der Waals surface area contributed by atoms with Crippen LogP contribution in [0, 0.1) is 0 Å². The zero-order chi connectivity index (χ0) is 14.3. The first-order valence-corrected chi connectivity index (χ1v) is 6.71. The van der Waals surface area contributed by atoms with E-state index < -0.39 is 6.10 Å². The summed E-state index contributed by atoms with van der Waals surface area (Å²) < 4.78 is 5.44. The third-order valence-electron chi connectivity index (χ3n) is 3.56. The van der Waals surface area contributed by atoms with E-state index in [0.29, 0.717) is 22.8 Å². The van der Waals surface area contributed by atoms with Crippen LogP contribution in [-0.4, -0.2) is 10.9 Å². The number of Topliss-reactive ketones (excluding diaryl/α,β-unsaturated/α-hetero) is 1. The van der Waals surface area contributed by atoms with Crippen LogP contribution in [0.5, 0.6) is 11.5 Å². The van der Waals surface area contributed by atoms with Gasteiger partial charge in [-0.2, -0.15) is 0 Å². The monoisotopic (exact) mass is 268 g/mol. The lowest BCUT2D eigenvalue weighted by molar-refractivity contribution is 0.0747. The van der Waals surface area contributed by atoms with Gasteiger partial charge < -0.3 is 9.84 Å². The third kappa shape index (κ3) is 2.10. The van der Waals surface area contributed by atoms with Gasteiger partial charge in [0.2, 0.25) is 0 Å². The van der Waals surface area contributed by atoms with Gasteiger partial charge in [-0.25, -0.2) is 0 Å². The summed E-state index contributed by atoms with van der Waals surface area (Å²) in [6, 6.07) is 12.6. The molecule has 0 radical (unpaired) electrons. The Morgan fingerprint density at radius 1 is 1.05 bits per heavy atom. The molecule has 0 aromatic heterocycles. The van der Waals surface area contributed by atoms with Gasteiger partial charge in [0.25, 0.3) is 0 Å². The SMILES string of the molecule is CC(C)c1ccc(C(=O)C(O)c2ccccc2)c2c1O2. The predicted octanol–water partition coefficient (Wildman–Crippen LogP) is 3.83. The van der Waals surface area contributed by atoms with Crippen molar-refractivity contribution in [3.63, 3.8) is 0 Å². The highest BCUT2D eigenvalue weighted by Crippen LogP contribution is 2.53. The van der Waals surface area contributed by atoms with Gasteiger partial charge in [0, 0.05) is 5.56 Å². The first-order chi connectivity index (χ1) is 9.59. The lowest BCUT2D eigenvalue weighted by Crippen LogP contribution is -2.11. The van der Waals surface area contributed by atoms with Crippen molar-refractivity contribution in [1.82, 2.24) is 0 Å². The number of carbonyl (C=O) groups is 1. The molecule has 1 heterocycles. The molecule has 0 saturated heterocycles. The van der Waals surface area contributed by atoms with Crippen molar-refractivity contribution in [2.75, 3.05) is 0 Å². The summed E-state index contributed by atoms with van der Waals surface area (Å²) in [7, 11) is 0. The highest BCUT2D eigenvalue weighted by Gasteiger charge is 2.34. The minimum Gasteiger partial charge on any atom is -0.448 e. The van der Waals surface area contributed by atoms with E-state index in [2.05, 4.69) is 13.8 Å². The van der Waals surface area contributed by atoms with E-state index in [4.69, 9.17) is 4.74 Å². The molecule has 2 aromatic rings. The standard InChI is InChI=1S/C17H16O3/c1-10(2)12-8-9-13(17-16(12)20-17)15(19)14(18)11-6-4-3-5-7-11/h3-10,14,18H,1-2H3. The molecule has 0 bridgehead atoms. The Morgan fingerprint density at radius 3 is 2.40 bits per heavy atom. The topological polar surface area (TPSA) is 49.8 Å². The fourth-order valence-corrected chi connectivity index (χ4v) is 2.35. The molecular weight excluding hydrogens is 252 g/mol. The quantitative estimate of drug-likeness (QED) is 0.578. The Hall–Kier alpha value is -2.13. The van der Waals surface area contributed by atoms with Crippen molar-refractivity contribution in [3.05, 3.63) is 59.2 Å². The molecule has 0 fully saturated rings. The van der Waals surface area contributed by atoms with Gasteiger partial charge in [0.15, 0.2) is 17.3 Å². The van der Waals surface area contributed by atoms with Gasteiger partial charge in [0.05, 0.1) is 5.56 Å². The normalized spacial score (nSPS) is 13.6. The van der Waals surface area contributed by atoms with Gasteiger partial charge in [-0.1, -0.05) is 50.2 Å². The van der Waals surface area contributed by atoms with E-state index in [1.807, 2.05) is 12.1 Å². The van der Waals surface area contributed by atoms with Crippen LogP contribution < -0.4 is 4.74 Å². The van der Waals surface area contributed by atoms with Crippen molar-refractivity contribution in [1.29, 1.82) is 0 Å². The summed E-state index contributed by atoms with van der Waals surface area (Å²) in [4.78, 5) is 12.4. The maximum atomic E-state index is 12.4. The number of carbonyl (C=O) groups excluding carboxylic acids is 1. The van der Waals surface area contributed by atoms with Gasteiger partial charge >= 0.3 is 0 Å². The van der Waals surface area contributed by atoms with Crippen LogP contribution in [-0.2, 0) is 0 Å². The summed E-state index contributed by atoms with van der Waals surface area (Å²) in [5.74, 6) is 1.46. The Bertz CT molecular complexity index is 659. The first-order valence-electron chi connectivity index (χ1n) is 6.71. The highest BCUT2D eigenvalue weighted by atomic mass is 16.6. The van der Waals surface area contributed by atoms with E-state index in [1.165, 1.54) is 0 Å². The number of hydrogen-bond donors (Lipinski definition) is 1. The fraction of sp³-hybridized carbons (Fsp3) is 0.235. The van der Waals surface area contributed by atoms with Crippen molar-refractivity contribution in [3.8, 4) is 11.5 Å². The predicted molar refractivity (Wildman–Crippen MR) is 76.3 cm³/mol. The second-order valence-electron chi connectivity index (χ2n) is 5.29. The molecule has 102 valence electrons. The number of rotatable bonds is 4. The van der Waals surface area contributed by atoms with Crippen molar-refractivity contribution < 1.29 is 14.6 Å². The smallest absolute Gasteiger partial charge is 0.199 e. The molecule has 0 amide bonds. The molecule has 1 N–H and O–H groups in total. The van der Waals surface area contributed by atoms with Crippen LogP contribution in [0.2, 0.25) is 0 Å². The molecule has 1 atom stereocenters. The minimum absolute atomic E-state index is 0.319. The van der Waals surface area contributed by atoms with Gasteiger partial charge in [0.1, 0.15) is 6.10 Å². The number of hydrogen-bond acceptors (Lipinski definition) is 3. The summed E-state index contributed by atoms with van der Waals surface area (Å²) in [5, 5.41) is 10.2. The second kappa shape index (κ2) is 4.76. The lowest BCUT2D eigenvalue weighted by Gasteiger charge is -2.09. The number of ketones is 1. The largest absolute Gasteiger partial charge is 0.448 e. The summed E-state index contributed by atoms with van der Waals surface area (Å²) in [6.45, 7) is 4.16. The Balaban J connectivity index is 1.90. The van der Waals surface area contributed by atoms with E-state index in [0.717, 1.165) is 11.3 Å². The lowest BCUT2D eigenvalue weighted by atomic mass is 9.97. The molecule has 0 saturated carbocycles. The Labute approximate surface area is 117 Å². The van der Waals surface area contributed by atoms with E-state index in [-0.39, 0.29) is 5.78 Å². The zero-order valence-corrected chi connectivity index (χ0v) is 11.5. The maximum Gasteiger partial charge on any atom is 0.199 e. The number of aliphatic hydroxyl groups is 1. The first kappa shape index (κ1) is 12.9. The van der Waals surface area contributed by atoms with Crippen molar-refractivity contribution in [2.24, 2.45) is 0 Å². The molecule has 3 nitrogen and oxygen atoms in total. The van der Waals surface area contributed by atoms with Gasteiger partial charge in [-0.05, 0) is 17.5 Å². The van der Waals surface area contributed by atoms with Crippen LogP contribution in [0.25, 0.3) is 0 Å². The zero-order valence-electron chi connectivity index (χ0n) is 11.5. The van der Waals surface area contributed by atoms with E-state index in [9.17, 15) is 9.90 Å². The van der Waals surface area contributed by atoms with Crippen LogP contribution in [0.4, 0.5) is 0 Å². The van der Waals surface area contributed by atoms with Crippen LogP contribution in [0.3, 0.4) is 0 Å². The average molecular weight is 268 g/mol. The molecule has 2 aromatic carbocycles. The summed E-state index contributed by atoms with van der Waals surface area (Å²) in [6.07, 6.45) is -1.14. The molecule has 20 heavy (non-hydrogen) atoms. The van der Waals surface area contributed by atoms with Crippen molar-refractivity contribution in [2.45, 2.75) is 25.9 Å². The second-order valence-corrected chi connectivity index (χ2v) is 5.29. The molecule has 0 spiro atoms. The molecule has 3 heteroatoms. The van der Waals surface area contributed by atoms with Crippen LogP contribution >= 0.6 is 0 Å². The van der Waals surface area contributed by atoms with E-state index >= 15 is 0 Å². The van der Waals surface area contributed by atoms with Gasteiger partial charge in [-0.15, -0.1) is 0 Å². The average Bonchev–Trinajstić information content (AvgIpc) is 3.25. The maximum absolute atomic E-state index is 12.4. The molecule has 0 aliphatic carbocycles. The summed E-state index contributed by atoms with van der Waals surface area (Å²) in [5.41, 5.74) is 2.16. The number of ether oxygens (including phenoxy) is 1. The third-order valence-corrected chi connectivity index (χ3v) is 3.56.